The molecule has 1 atom stereocenters. The first-order valence-electron chi connectivity index (χ1n) is 4.42. The number of carbonyl (C=O) groups excluding carboxylic acids is 1. The highest BCUT2D eigenvalue weighted by molar-refractivity contribution is 5.92. The summed E-state index contributed by atoms with van der Waals surface area (Å²) >= 11 is 0. The van der Waals surface area contributed by atoms with Crippen molar-refractivity contribution >= 4 is 11.6 Å². The molecule has 0 unspecified atom stereocenters. The largest absolute Gasteiger partial charge is 0.326 e. The number of carbonyl (C=O) groups is 1. The third-order valence-electron chi connectivity index (χ3n) is 2.32. The van der Waals surface area contributed by atoms with Crippen LogP contribution in [0.1, 0.15) is 24.4 Å². The summed E-state index contributed by atoms with van der Waals surface area (Å²) in [5.41, 5.74) is 7.81. The van der Waals surface area contributed by atoms with Gasteiger partial charge in [0.05, 0.1) is 0 Å². The van der Waals surface area contributed by atoms with Crippen LogP contribution in [0.25, 0.3) is 0 Å². The van der Waals surface area contributed by atoms with E-state index in [0.29, 0.717) is 6.42 Å². The van der Waals surface area contributed by atoms with E-state index in [2.05, 4.69) is 5.32 Å². The molecule has 0 aromatic heterocycles. The zero-order valence-electron chi connectivity index (χ0n) is 7.29. The molecule has 0 saturated heterocycles. The standard InChI is InChI=1S/C10H12N2O/c11-8-5-6-10(13)12-9-4-2-1-3-7(8)9/h1-4,8H,5-6,11H2,(H,12,13)/t8-/m1/s1. The van der Waals surface area contributed by atoms with Crippen molar-refractivity contribution in [3.05, 3.63) is 29.8 Å². The molecule has 3 N–H and O–H groups in total. The fraction of sp³-hybridized carbons (Fsp3) is 0.300. The Bertz CT molecular complexity index is 335. The Balaban J connectivity index is 2.43. The summed E-state index contributed by atoms with van der Waals surface area (Å²) in [6, 6.07) is 7.67. The van der Waals surface area contributed by atoms with Gasteiger partial charge in [-0.2, -0.15) is 0 Å². The normalized spacial score (nSPS) is 21.6. The summed E-state index contributed by atoms with van der Waals surface area (Å²) in [4.78, 5) is 11.2. The molecule has 1 heterocycles. The molecule has 1 aliphatic rings. The van der Waals surface area contributed by atoms with Crippen molar-refractivity contribution in [2.24, 2.45) is 5.73 Å². The molecular weight excluding hydrogens is 164 g/mol. The van der Waals surface area contributed by atoms with E-state index in [-0.39, 0.29) is 11.9 Å². The van der Waals surface area contributed by atoms with E-state index in [4.69, 9.17) is 5.73 Å². The van der Waals surface area contributed by atoms with Gasteiger partial charge in [0.25, 0.3) is 0 Å². The number of hydrogen-bond acceptors (Lipinski definition) is 2. The topological polar surface area (TPSA) is 55.1 Å². The maximum Gasteiger partial charge on any atom is 0.224 e. The number of amides is 1. The van der Waals surface area contributed by atoms with Crippen LogP contribution in [0.3, 0.4) is 0 Å². The van der Waals surface area contributed by atoms with Gasteiger partial charge in [0.2, 0.25) is 5.91 Å². The Morgan fingerprint density at radius 2 is 2.15 bits per heavy atom. The molecule has 68 valence electrons. The van der Waals surface area contributed by atoms with Crippen molar-refractivity contribution in [1.29, 1.82) is 0 Å². The Kier molecular flexibility index (Phi) is 2.02. The van der Waals surface area contributed by atoms with E-state index in [0.717, 1.165) is 17.7 Å². The summed E-state index contributed by atoms with van der Waals surface area (Å²) in [6.45, 7) is 0. The minimum absolute atomic E-state index is 0.0184. The van der Waals surface area contributed by atoms with Crippen LogP contribution in [0, 0.1) is 0 Å². The third-order valence-corrected chi connectivity index (χ3v) is 2.32. The van der Waals surface area contributed by atoms with Gasteiger partial charge >= 0.3 is 0 Å². The van der Waals surface area contributed by atoms with Crippen molar-refractivity contribution in [2.45, 2.75) is 18.9 Å². The molecule has 0 spiro atoms. The lowest BCUT2D eigenvalue weighted by Gasteiger charge is -2.10. The zero-order chi connectivity index (χ0) is 9.26. The highest BCUT2D eigenvalue weighted by Gasteiger charge is 2.17. The first-order chi connectivity index (χ1) is 6.27. The van der Waals surface area contributed by atoms with Crippen molar-refractivity contribution in [3.63, 3.8) is 0 Å². The summed E-state index contributed by atoms with van der Waals surface area (Å²) in [7, 11) is 0. The highest BCUT2D eigenvalue weighted by Crippen LogP contribution is 2.27. The molecule has 1 aromatic rings. The summed E-state index contributed by atoms with van der Waals surface area (Å²) in [5, 5.41) is 2.83. The van der Waals surface area contributed by atoms with Crippen LogP contribution >= 0.6 is 0 Å². The van der Waals surface area contributed by atoms with Gasteiger partial charge in [0.1, 0.15) is 0 Å². The smallest absolute Gasteiger partial charge is 0.224 e. The molecule has 13 heavy (non-hydrogen) atoms. The summed E-state index contributed by atoms with van der Waals surface area (Å²) < 4.78 is 0. The van der Waals surface area contributed by atoms with Crippen LogP contribution in [-0.2, 0) is 4.79 Å². The molecular formula is C10H12N2O. The predicted molar refractivity (Wildman–Crippen MR) is 51.2 cm³/mol. The van der Waals surface area contributed by atoms with E-state index >= 15 is 0 Å². The number of nitrogens with one attached hydrogen (secondary N) is 1. The van der Waals surface area contributed by atoms with Crippen molar-refractivity contribution in [3.8, 4) is 0 Å². The molecule has 1 aromatic carbocycles. The van der Waals surface area contributed by atoms with Crippen LogP contribution in [0.2, 0.25) is 0 Å². The second-order valence-electron chi connectivity index (χ2n) is 3.28. The minimum Gasteiger partial charge on any atom is -0.326 e. The first kappa shape index (κ1) is 8.26. The summed E-state index contributed by atoms with van der Waals surface area (Å²) in [6.07, 6.45) is 1.23. The van der Waals surface area contributed by atoms with Gasteiger partial charge in [0, 0.05) is 18.2 Å². The number of nitrogens with two attached hydrogens (primary N) is 1. The Morgan fingerprint density at radius 1 is 1.38 bits per heavy atom. The molecule has 0 radical (unpaired) electrons. The van der Waals surface area contributed by atoms with Crippen LogP contribution in [-0.4, -0.2) is 5.91 Å². The quantitative estimate of drug-likeness (QED) is 0.628. The van der Waals surface area contributed by atoms with E-state index in [1.165, 1.54) is 0 Å². The number of rotatable bonds is 0. The Hall–Kier alpha value is -1.35. The average Bonchev–Trinajstić information content (AvgIpc) is 2.27. The first-order valence-corrected chi connectivity index (χ1v) is 4.42. The lowest BCUT2D eigenvalue weighted by atomic mass is 10.0. The fourth-order valence-electron chi connectivity index (χ4n) is 1.59. The third kappa shape index (κ3) is 1.55. The number of anilines is 1. The van der Waals surface area contributed by atoms with Crippen LogP contribution in [0.15, 0.2) is 24.3 Å². The molecule has 0 bridgehead atoms. The highest BCUT2D eigenvalue weighted by atomic mass is 16.1. The molecule has 0 aliphatic carbocycles. The van der Waals surface area contributed by atoms with Crippen molar-refractivity contribution < 1.29 is 4.79 Å². The molecule has 3 nitrogen and oxygen atoms in total. The van der Waals surface area contributed by atoms with Gasteiger partial charge in [-0.3, -0.25) is 4.79 Å². The van der Waals surface area contributed by atoms with Crippen molar-refractivity contribution in [1.82, 2.24) is 0 Å². The van der Waals surface area contributed by atoms with Gasteiger partial charge < -0.3 is 11.1 Å². The molecule has 2 rings (SSSR count). The van der Waals surface area contributed by atoms with Gasteiger partial charge in [-0.1, -0.05) is 18.2 Å². The lowest BCUT2D eigenvalue weighted by Crippen LogP contribution is -2.09. The van der Waals surface area contributed by atoms with Gasteiger partial charge in [-0.05, 0) is 18.1 Å². The van der Waals surface area contributed by atoms with Crippen LogP contribution in [0.4, 0.5) is 5.69 Å². The van der Waals surface area contributed by atoms with Gasteiger partial charge in [-0.15, -0.1) is 0 Å². The fourth-order valence-corrected chi connectivity index (χ4v) is 1.59. The maximum atomic E-state index is 11.2. The molecule has 1 amide bonds. The lowest BCUT2D eigenvalue weighted by molar-refractivity contribution is -0.116. The maximum absolute atomic E-state index is 11.2. The monoisotopic (exact) mass is 176 g/mol. The van der Waals surface area contributed by atoms with Crippen molar-refractivity contribution in [2.75, 3.05) is 5.32 Å². The van der Waals surface area contributed by atoms with Crippen LogP contribution in [0.5, 0.6) is 0 Å². The summed E-state index contributed by atoms with van der Waals surface area (Å²) in [5.74, 6) is 0.0559. The molecule has 0 saturated carbocycles. The Labute approximate surface area is 76.9 Å². The van der Waals surface area contributed by atoms with E-state index in [1.54, 1.807) is 0 Å². The second kappa shape index (κ2) is 3.18. The zero-order valence-corrected chi connectivity index (χ0v) is 7.29. The Morgan fingerprint density at radius 3 is 3.00 bits per heavy atom. The van der Waals surface area contributed by atoms with E-state index < -0.39 is 0 Å². The van der Waals surface area contributed by atoms with Gasteiger partial charge in [-0.25, -0.2) is 0 Å². The average molecular weight is 176 g/mol. The number of hydrogen-bond donors (Lipinski definition) is 2. The van der Waals surface area contributed by atoms with E-state index in [9.17, 15) is 4.79 Å². The molecule has 1 aliphatic heterocycles. The number of para-hydroxylation sites is 1. The van der Waals surface area contributed by atoms with Gasteiger partial charge in [0.15, 0.2) is 0 Å². The number of fused-ring (bicyclic) bond motifs is 1. The molecule has 0 fully saturated rings. The SMILES string of the molecule is N[C@@H]1CCC(=O)Nc2ccccc21. The molecule has 3 heteroatoms. The number of benzene rings is 1. The van der Waals surface area contributed by atoms with E-state index in [1.807, 2.05) is 24.3 Å². The van der Waals surface area contributed by atoms with Crippen LogP contribution < -0.4 is 11.1 Å². The minimum atomic E-state index is -0.0184. The second-order valence-corrected chi connectivity index (χ2v) is 3.28. The predicted octanol–water partition coefficient (Wildman–Crippen LogP) is 1.42.